The summed E-state index contributed by atoms with van der Waals surface area (Å²) in [5.41, 5.74) is 0. The van der Waals surface area contributed by atoms with Crippen molar-refractivity contribution in [1.82, 2.24) is 0 Å². The van der Waals surface area contributed by atoms with Gasteiger partial charge in [-0.15, -0.1) is 0 Å². The van der Waals surface area contributed by atoms with Gasteiger partial charge in [0.2, 0.25) is 0 Å². The molecule has 12 heavy (non-hydrogen) atoms. The molecule has 0 spiro atoms. The summed E-state index contributed by atoms with van der Waals surface area (Å²) in [5, 5.41) is 0. The number of allylic oxidation sites excluding steroid dienone is 2. The maximum atomic E-state index is 5.32. The van der Waals surface area contributed by atoms with Crippen molar-refractivity contribution in [2.75, 3.05) is 21.3 Å². The van der Waals surface area contributed by atoms with Crippen LogP contribution in [0.2, 0.25) is 0 Å². The molecule has 1 aliphatic heterocycles. The Bertz CT molecular complexity index is 253. The fourth-order valence-corrected chi connectivity index (χ4v) is 3.90. The van der Waals surface area contributed by atoms with Gasteiger partial charge >= 0.3 is 76.2 Å². The topological polar surface area (TPSA) is 27.7 Å². The van der Waals surface area contributed by atoms with E-state index in [4.69, 9.17) is 13.2 Å². The molecule has 0 N–H and O–H groups in total. The third-order valence-electron chi connectivity index (χ3n) is 1.59. The molecule has 0 amide bonds. The van der Waals surface area contributed by atoms with E-state index in [9.17, 15) is 0 Å². The fourth-order valence-electron chi connectivity index (χ4n) is 1.02. The van der Waals surface area contributed by atoms with Crippen molar-refractivity contribution in [3.05, 3.63) is 22.8 Å². The fraction of sp³-hybridized carbons (Fsp3) is 0.375. The molecule has 0 saturated heterocycles. The molecule has 0 aromatic rings. The van der Waals surface area contributed by atoms with Crippen molar-refractivity contribution >= 4 is 18.8 Å². The van der Waals surface area contributed by atoms with Crippen molar-refractivity contribution in [3.63, 3.8) is 0 Å². The van der Waals surface area contributed by atoms with Crippen LogP contribution < -0.4 is 0 Å². The summed E-state index contributed by atoms with van der Waals surface area (Å²) in [6.45, 7) is 0. The van der Waals surface area contributed by atoms with Crippen molar-refractivity contribution in [2.24, 2.45) is 0 Å². The SMILES string of the molecule is COC1=CC=[CH][Ge]([O]C)=[C]1OC. The Morgan fingerprint density at radius 2 is 1.92 bits per heavy atom. The number of rotatable bonds is 3. The van der Waals surface area contributed by atoms with Gasteiger partial charge in [0.15, 0.2) is 0 Å². The minimum atomic E-state index is -1.74. The van der Waals surface area contributed by atoms with Crippen molar-refractivity contribution in [1.29, 1.82) is 0 Å². The van der Waals surface area contributed by atoms with Gasteiger partial charge < -0.3 is 0 Å². The van der Waals surface area contributed by atoms with Crippen LogP contribution in [0.15, 0.2) is 22.8 Å². The van der Waals surface area contributed by atoms with E-state index in [0.29, 0.717) is 0 Å². The number of hydrogen-bond donors (Lipinski definition) is 0. The Balaban J connectivity index is 3.00. The summed E-state index contributed by atoms with van der Waals surface area (Å²) in [6.07, 6.45) is 3.84. The molecule has 0 radical (unpaired) electrons. The van der Waals surface area contributed by atoms with E-state index < -0.39 is 14.2 Å². The van der Waals surface area contributed by atoms with Crippen molar-refractivity contribution in [2.45, 2.75) is 0 Å². The monoisotopic (exact) mass is 230 g/mol. The number of hydrogen-bond acceptors (Lipinski definition) is 3. The van der Waals surface area contributed by atoms with Crippen LogP contribution in [0.3, 0.4) is 0 Å². The van der Waals surface area contributed by atoms with Gasteiger partial charge in [0.1, 0.15) is 0 Å². The van der Waals surface area contributed by atoms with Gasteiger partial charge in [0.25, 0.3) is 0 Å². The molecule has 0 fully saturated rings. The molecule has 0 aromatic heterocycles. The third kappa shape index (κ3) is 1.72. The van der Waals surface area contributed by atoms with Gasteiger partial charge in [-0.1, -0.05) is 0 Å². The normalized spacial score (nSPS) is 15.8. The Morgan fingerprint density at radius 1 is 1.17 bits per heavy atom. The number of methoxy groups -OCH3 is 2. The summed E-state index contributed by atoms with van der Waals surface area (Å²) in [4.78, 5) is 2.07. The first-order valence-corrected chi connectivity index (χ1v) is 6.70. The molecule has 1 heterocycles. The van der Waals surface area contributed by atoms with Crippen LogP contribution in [0.5, 0.6) is 0 Å². The zero-order valence-electron chi connectivity index (χ0n) is 7.46. The summed E-state index contributed by atoms with van der Waals surface area (Å²) in [5.74, 6) is 0.789. The average Bonchev–Trinajstić information content (AvgIpc) is 2.16. The van der Waals surface area contributed by atoms with E-state index in [1.807, 2.05) is 12.2 Å². The van der Waals surface area contributed by atoms with Gasteiger partial charge in [0.05, 0.1) is 0 Å². The summed E-state index contributed by atoms with van der Waals surface area (Å²) < 4.78 is 16.6. The molecule has 4 heteroatoms. The predicted octanol–water partition coefficient (Wildman–Crippen LogP) is 0.622. The molecule has 0 atom stereocenters. The zero-order valence-corrected chi connectivity index (χ0v) is 9.55. The van der Waals surface area contributed by atoms with Crippen LogP contribution in [0.1, 0.15) is 0 Å². The molecule has 3 nitrogen and oxygen atoms in total. The Labute approximate surface area is 76.6 Å². The molecule has 66 valence electrons. The van der Waals surface area contributed by atoms with Gasteiger partial charge in [-0.05, 0) is 0 Å². The van der Waals surface area contributed by atoms with E-state index in [2.05, 4.69) is 4.91 Å². The third-order valence-corrected chi connectivity index (χ3v) is 5.43. The van der Waals surface area contributed by atoms with Crippen LogP contribution >= 0.6 is 0 Å². The molecule has 0 unspecified atom stereocenters. The van der Waals surface area contributed by atoms with Crippen LogP contribution in [-0.2, 0) is 13.2 Å². The first-order chi connectivity index (χ1) is 5.83. The van der Waals surface area contributed by atoms with E-state index in [1.165, 1.54) is 0 Å². The molecule has 0 aliphatic carbocycles. The number of ether oxygens (including phenoxy) is 2. The molecular formula is C8H12GeO3. The summed E-state index contributed by atoms with van der Waals surface area (Å²) in [7, 11) is 4.99. The maximum absolute atomic E-state index is 5.32. The molecule has 0 saturated carbocycles. The second-order valence-electron chi connectivity index (χ2n) is 2.20. The van der Waals surface area contributed by atoms with Crippen molar-refractivity contribution in [3.8, 4) is 0 Å². The van der Waals surface area contributed by atoms with E-state index >= 15 is 0 Å². The van der Waals surface area contributed by atoms with Gasteiger partial charge in [0, 0.05) is 0 Å². The molecular weight excluding hydrogens is 217 g/mol. The second-order valence-corrected chi connectivity index (χ2v) is 6.23. The average molecular weight is 229 g/mol. The van der Waals surface area contributed by atoms with Crippen LogP contribution in [-0.4, -0.2) is 40.1 Å². The van der Waals surface area contributed by atoms with E-state index in [-0.39, 0.29) is 0 Å². The predicted molar refractivity (Wildman–Crippen MR) is 49.0 cm³/mol. The van der Waals surface area contributed by atoms with Crippen LogP contribution in [0.25, 0.3) is 0 Å². The first-order valence-electron chi connectivity index (χ1n) is 3.58. The zero-order chi connectivity index (χ0) is 8.97. The standard InChI is InChI=1S/C8H12GeO3/c1-10-7-5-4-6-9(12-3)8(7)11-2/h4-6H,1-3H3. The summed E-state index contributed by atoms with van der Waals surface area (Å²) >= 11 is -1.74. The Hall–Kier alpha value is -0.707. The minimum absolute atomic E-state index is 0.789. The quantitative estimate of drug-likeness (QED) is 0.663. The van der Waals surface area contributed by atoms with Gasteiger partial charge in [-0.25, -0.2) is 0 Å². The first kappa shape index (κ1) is 9.38. The molecule has 0 bridgehead atoms. The summed E-state index contributed by atoms with van der Waals surface area (Å²) in [6, 6.07) is 0. The van der Waals surface area contributed by atoms with E-state index in [1.54, 1.807) is 21.3 Å². The molecule has 0 aromatic carbocycles. The molecule has 1 aliphatic rings. The van der Waals surface area contributed by atoms with Gasteiger partial charge in [-0.2, -0.15) is 0 Å². The molecule has 1 rings (SSSR count). The van der Waals surface area contributed by atoms with E-state index in [0.717, 1.165) is 10.3 Å². The van der Waals surface area contributed by atoms with Crippen LogP contribution in [0, 0.1) is 0 Å². The van der Waals surface area contributed by atoms with Crippen LogP contribution in [0.4, 0.5) is 0 Å². The second kappa shape index (κ2) is 4.35. The van der Waals surface area contributed by atoms with Crippen molar-refractivity contribution < 1.29 is 13.2 Å². The van der Waals surface area contributed by atoms with Gasteiger partial charge in [-0.3, -0.25) is 0 Å². The Kier molecular flexibility index (Phi) is 3.40. The Morgan fingerprint density at radius 3 is 2.42 bits per heavy atom.